The van der Waals surface area contributed by atoms with Crippen molar-refractivity contribution < 1.29 is 4.79 Å². The highest BCUT2D eigenvalue weighted by Crippen LogP contribution is 2.23. The Morgan fingerprint density at radius 2 is 1.86 bits per heavy atom. The molecule has 0 bridgehead atoms. The van der Waals surface area contributed by atoms with E-state index in [2.05, 4.69) is 42.0 Å². The molecule has 6 heteroatoms. The minimum Gasteiger partial charge on any atom is -0.352 e. The number of nitrogens with zero attached hydrogens (tertiary/aromatic N) is 2. The van der Waals surface area contributed by atoms with Crippen LogP contribution in [0, 0.1) is 5.92 Å². The second-order valence-electron chi connectivity index (χ2n) is 6.36. The number of halogens is 1. The zero-order chi connectivity index (χ0) is 16.1. The zero-order valence-electron chi connectivity index (χ0n) is 13.6. The van der Waals surface area contributed by atoms with E-state index in [4.69, 9.17) is 11.6 Å². The van der Waals surface area contributed by atoms with E-state index in [1.54, 1.807) is 11.3 Å². The van der Waals surface area contributed by atoms with Crippen molar-refractivity contribution in [2.45, 2.75) is 33.4 Å². The normalized spacial score (nSPS) is 18.6. The van der Waals surface area contributed by atoms with Gasteiger partial charge in [-0.1, -0.05) is 25.4 Å². The first-order valence-corrected chi connectivity index (χ1v) is 9.12. The van der Waals surface area contributed by atoms with Crippen LogP contribution in [0.25, 0.3) is 0 Å². The molecule has 1 aromatic heterocycles. The van der Waals surface area contributed by atoms with E-state index < -0.39 is 0 Å². The van der Waals surface area contributed by atoms with Crippen molar-refractivity contribution >= 4 is 28.8 Å². The highest BCUT2D eigenvalue weighted by molar-refractivity contribution is 7.16. The summed E-state index contributed by atoms with van der Waals surface area (Å²) in [6.07, 6.45) is 0. The molecule has 1 fully saturated rings. The molecule has 124 valence electrons. The minimum absolute atomic E-state index is 0.139. The van der Waals surface area contributed by atoms with Gasteiger partial charge < -0.3 is 5.32 Å². The zero-order valence-corrected chi connectivity index (χ0v) is 15.2. The number of thiophene rings is 1. The lowest BCUT2D eigenvalue weighted by Crippen LogP contribution is -2.50. The topological polar surface area (TPSA) is 35.6 Å². The Labute approximate surface area is 142 Å². The van der Waals surface area contributed by atoms with Gasteiger partial charge in [0.15, 0.2) is 0 Å². The van der Waals surface area contributed by atoms with E-state index in [0.29, 0.717) is 12.5 Å². The van der Waals surface area contributed by atoms with Crippen LogP contribution in [0.5, 0.6) is 0 Å². The Kier molecular flexibility index (Phi) is 6.68. The third-order valence-corrected chi connectivity index (χ3v) is 5.44. The van der Waals surface area contributed by atoms with Crippen molar-refractivity contribution in [3.05, 3.63) is 21.3 Å². The molecule has 4 nitrogen and oxygen atoms in total. The third-order valence-electron chi connectivity index (χ3n) is 4.23. The molecule has 0 saturated carbocycles. The summed E-state index contributed by atoms with van der Waals surface area (Å²) in [5.41, 5.74) is 0. The molecular formula is C16H26ClN3OS. The molecule has 0 aromatic carbocycles. The summed E-state index contributed by atoms with van der Waals surface area (Å²) < 4.78 is 0.851. The van der Waals surface area contributed by atoms with Crippen molar-refractivity contribution in [2.75, 3.05) is 32.7 Å². The van der Waals surface area contributed by atoms with E-state index in [1.165, 1.54) is 4.88 Å². The largest absolute Gasteiger partial charge is 0.352 e. The van der Waals surface area contributed by atoms with Gasteiger partial charge in [-0.25, -0.2) is 0 Å². The molecule has 1 aliphatic heterocycles. The van der Waals surface area contributed by atoms with Crippen molar-refractivity contribution in [2.24, 2.45) is 5.92 Å². The summed E-state index contributed by atoms with van der Waals surface area (Å²) in [4.78, 5) is 18.0. The fourth-order valence-corrected chi connectivity index (χ4v) is 3.56. The van der Waals surface area contributed by atoms with Crippen molar-refractivity contribution in [1.29, 1.82) is 0 Å². The highest BCUT2D eigenvalue weighted by atomic mass is 35.5. The van der Waals surface area contributed by atoms with Crippen LogP contribution in [0.4, 0.5) is 0 Å². The average molecular weight is 344 g/mol. The lowest BCUT2D eigenvalue weighted by molar-refractivity contribution is -0.123. The van der Waals surface area contributed by atoms with E-state index in [1.807, 2.05) is 6.07 Å². The van der Waals surface area contributed by atoms with E-state index in [0.717, 1.165) is 37.1 Å². The van der Waals surface area contributed by atoms with Crippen LogP contribution in [0.2, 0.25) is 4.34 Å². The van der Waals surface area contributed by atoms with Crippen molar-refractivity contribution in [3.63, 3.8) is 0 Å². The van der Waals surface area contributed by atoms with Gasteiger partial charge in [-0.05, 0) is 25.0 Å². The van der Waals surface area contributed by atoms with E-state index in [9.17, 15) is 4.79 Å². The molecule has 22 heavy (non-hydrogen) atoms. The second kappa shape index (κ2) is 8.29. The van der Waals surface area contributed by atoms with Crippen LogP contribution in [-0.4, -0.2) is 54.5 Å². The van der Waals surface area contributed by atoms with Gasteiger partial charge in [-0.2, -0.15) is 0 Å². The van der Waals surface area contributed by atoms with Crippen molar-refractivity contribution in [3.8, 4) is 0 Å². The number of carbonyl (C=O) groups excluding carboxylic acids is 1. The number of amides is 1. The van der Waals surface area contributed by atoms with Gasteiger partial charge in [-0.15, -0.1) is 11.3 Å². The number of piperazine rings is 1. The van der Waals surface area contributed by atoms with Crippen LogP contribution >= 0.6 is 22.9 Å². The molecule has 0 spiro atoms. The highest BCUT2D eigenvalue weighted by Gasteiger charge is 2.20. The molecule has 0 radical (unpaired) electrons. The Balaban J connectivity index is 1.69. The smallest absolute Gasteiger partial charge is 0.234 e. The molecule has 1 amide bonds. The summed E-state index contributed by atoms with van der Waals surface area (Å²) in [5.74, 6) is 0.609. The fraction of sp³-hybridized carbons (Fsp3) is 0.688. The number of hydrogen-bond acceptors (Lipinski definition) is 4. The Morgan fingerprint density at radius 1 is 1.23 bits per heavy atom. The predicted octanol–water partition coefficient (Wildman–Crippen LogP) is 2.68. The quantitative estimate of drug-likeness (QED) is 0.862. The van der Waals surface area contributed by atoms with Gasteiger partial charge in [-0.3, -0.25) is 14.6 Å². The maximum Gasteiger partial charge on any atom is 0.234 e. The molecule has 1 unspecified atom stereocenters. The molecule has 1 aromatic rings. The van der Waals surface area contributed by atoms with E-state index in [-0.39, 0.29) is 11.9 Å². The monoisotopic (exact) mass is 343 g/mol. The average Bonchev–Trinajstić information content (AvgIpc) is 2.86. The molecule has 2 rings (SSSR count). The first-order chi connectivity index (χ1) is 10.4. The lowest BCUT2D eigenvalue weighted by atomic mass is 10.1. The van der Waals surface area contributed by atoms with Crippen molar-refractivity contribution in [1.82, 2.24) is 15.1 Å². The molecule has 0 aliphatic carbocycles. The van der Waals surface area contributed by atoms with E-state index >= 15 is 0 Å². The van der Waals surface area contributed by atoms with Gasteiger partial charge in [0.25, 0.3) is 0 Å². The molecule has 2 heterocycles. The van der Waals surface area contributed by atoms with Gasteiger partial charge in [0, 0.05) is 43.6 Å². The van der Waals surface area contributed by atoms with Crippen LogP contribution in [0.1, 0.15) is 25.6 Å². The van der Waals surface area contributed by atoms with Crippen LogP contribution < -0.4 is 5.32 Å². The number of nitrogens with one attached hydrogen (secondary N) is 1. The second-order valence-corrected chi connectivity index (χ2v) is 8.16. The molecule has 1 N–H and O–H groups in total. The predicted molar refractivity (Wildman–Crippen MR) is 93.5 cm³/mol. The maximum atomic E-state index is 12.0. The van der Waals surface area contributed by atoms with Gasteiger partial charge >= 0.3 is 0 Å². The summed E-state index contributed by atoms with van der Waals surface area (Å²) in [7, 11) is 0. The Hall–Kier alpha value is -0.620. The lowest BCUT2D eigenvalue weighted by Gasteiger charge is -2.34. The SMILES string of the molecule is CC(C)C(C)NC(=O)CN1CCN(Cc2ccc(Cl)s2)CC1. The standard InChI is InChI=1S/C16H26ClN3OS/c1-12(2)13(3)18-16(21)11-20-8-6-19(7-9-20)10-14-4-5-15(17)22-14/h4-5,12-13H,6-11H2,1-3H3,(H,18,21). The Bertz CT molecular complexity index is 483. The summed E-state index contributed by atoms with van der Waals surface area (Å²) in [5, 5.41) is 3.07. The molecule has 1 aliphatic rings. The summed E-state index contributed by atoms with van der Waals surface area (Å²) >= 11 is 7.62. The first kappa shape index (κ1) is 17.7. The van der Waals surface area contributed by atoms with Gasteiger partial charge in [0.05, 0.1) is 10.9 Å². The number of rotatable bonds is 6. The molecule has 1 atom stereocenters. The van der Waals surface area contributed by atoms with Crippen LogP contribution in [-0.2, 0) is 11.3 Å². The maximum absolute atomic E-state index is 12.0. The molecular weight excluding hydrogens is 318 g/mol. The van der Waals surface area contributed by atoms with Crippen LogP contribution in [0.3, 0.4) is 0 Å². The number of carbonyl (C=O) groups is 1. The fourth-order valence-electron chi connectivity index (χ4n) is 2.43. The van der Waals surface area contributed by atoms with Gasteiger partial charge in [0.2, 0.25) is 5.91 Å². The van der Waals surface area contributed by atoms with Crippen LogP contribution in [0.15, 0.2) is 12.1 Å². The molecule has 1 saturated heterocycles. The first-order valence-electron chi connectivity index (χ1n) is 7.92. The summed E-state index contributed by atoms with van der Waals surface area (Å²) in [6, 6.07) is 4.29. The van der Waals surface area contributed by atoms with Gasteiger partial charge in [0.1, 0.15) is 0 Å². The summed E-state index contributed by atoms with van der Waals surface area (Å²) in [6.45, 7) is 11.7. The Morgan fingerprint density at radius 3 is 2.41 bits per heavy atom. The third kappa shape index (κ3) is 5.54. The number of hydrogen-bond donors (Lipinski definition) is 1. The minimum atomic E-state index is 0.139.